The molecular formula is C21H29N5O4S. The van der Waals surface area contributed by atoms with E-state index in [0.29, 0.717) is 24.4 Å². The van der Waals surface area contributed by atoms with Crippen molar-refractivity contribution in [1.29, 1.82) is 0 Å². The second-order valence-corrected chi connectivity index (χ2v) is 7.89. The summed E-state index contributed by atoms with van der Waals surface area (Å²) in [4.78, 5) is 39.4. The summed E-state index contributed by atoms with van der Waals surface area (Å²) < 4.78 is 5.15. The Kier molecular flexibility index (Phi) is 9.92. The summed E-state index contributed by atoms with van der Waals surface area (Å²) in [5.41, 5.74) is 12.6. The van der Waals surface area contributed by atoms with Crippen LogP contribution in [0.25, 0.3) is 0 Å². The van der Waals surface area contributed by atoms with Gasteiger partial charge in [-0.1, -0.05) is 37.3 Å². The summed E-state index contributed by atoms with van der Waals surface area (Å²) in [6, 6.07) is 8.43. The van der Waals surface area contributed by atoms with Gasteiger partial charge in [0.05, 0.1) is 6.04 Å². The average molecular weight is 448 g/mol. The van der Waals surface area contributed by atoms with Crippen LogP contribution in [0.15, 0.2) is 35.7 Å². The number of hydrogen-bond acceptors (Lipinski definition) is 7. The lowest BCUT2D eigenvalue weighted by molar-refractivity contribution is -0.119. The number of nitrogens with zero attached hydrogens (tertiary/aromatic N) is 1. The normalized spacial score (nSPS) is 12.6. The summed E-state index contributed by atoms with van der Waals surface area (Å²) in [7, 11) is 0. The first kappa shape index (κ1) is 24.3. The second kappa shape index (κ2) is 12.7. The van der Waals surface area contributed by atoms with Gasteiger partial charge >= 0.3 is 6.09 Å². The monoisotopic (exact) mass is 447 g/mol. The molecule has 0 saturated carbocycles. The molecule has 2 atom stereocenters. The maximum Gasteiger partial charge on any atom is 0.407 e. The summed E-state index contributed by atoms with van der Waals surface area (Å²) in [5.74, 6) is -1.03. The number of hydrogen-bond donors (Lipinski definition) is 4. The zero-order valence-electron chi connectivity index (χ0n) is 17.5. The first-order chi connectivity index (χ1) is 14.9. The van der Waals surface area contributed by atoms with Gasteiger partial charge in [-0.05, 0) is 31.2 Å². The zero-order valence-corrected chi connectivity index (χ0v) is 18.3. The van der Waals surface area contributed by atoms with Gasteiger partial charge in [0.1, 0.15) is 23.4 Å². The molecule has 9 nitrogen and oxygen atoms in total. The number of carbonyl (C=O) groups excluding carboxylic acids is 3. The number of amides is 3. The molecule has 0 fully saturated rings. The van der Waals surface area contributed by atoms with Crippen molar-refractivity contribution in [2.45, 2.75) is 51.3 Å². The van der Waals surface area contributed by atoms with Crippen LogP contribution in [0.3, 0.4) is 0 Å². The van der Waals surface area contributed by atoms with E-state index in [2.05, 4.69) is 15.6 Å². The fourth-order valence-electron chi connectivity index (χ4n) is 2.75. The SMILES string of the molecule is CCC(NC(=O)c1csc(C(N)CCCCNC(=O)OCc2ccccc2)n1)C(N)=O. The van der Waals surface area contributed by atoms with E-state index in [4.69, 9.17) is 16.2 Å². The average Bonchev–Trinajstić information content (AvgIpc) is 3.26. The molecule has 10 heteroatoms. The van der Waals surface area contributed by atoms with E-state index in [1.165, 1.54) is 11.3 Å². The van der Waals surface area contributed by atoms with Crippen molar-refractivity contribution in [1.82, 2.24) is 15.6 Å². The minimum Gasteiger partial charge on any atom is -0.445 e. The van der Waals surface area contributed by atoms with Crippen LogP contribution in [0, 0.1) is 0 Å². The highest BCUT2D eigenvalue weighted by Gasteiger charge is 2.20. The molecule has 0 radical (unpaired) electrons. The molecule has 0 aliphatic rings. The van der Waals surface area contributed by atoms with Crippen molar-refractivity contribution in [3.8, 4) is 0 Å². The van der Waals surface area contributed by atoms with Crippen molar-refractivity contribution in [3.63, 3.8) is 0 Å². The molecular weight excluding hydrogens is 418 g/mol. The van der Waals surface area contributed by atoms with Crippen LogP contribution in [0.4, 0.5) is 4.79 Å². The molecule has 0 aliphatic carbocycles. The first-order valence-electron chi connectivity index (χ1n) is 10.2. The van der Waals surface area contributed by atoms with E-state index in [0.717, 1.165) is 18.4 Å². The van der Waals surface area contributed by atoms with Crippen LogP contribution in [0.5, 0.6) is 0 Å². The highest BCUT2D eigenvalue weighted by Crippen LogP contribution is 2.21. The number of benzene rings is 1. The van der Waals surface area contributed by atoms with E-state index in [1.54, 1.807) is 12.3 Å². The lowest BCUT2D eigenvalue weighted by Gasteiger charge is -2.12. The van der Waals surface area contributed by atoms with Crippen LogP contribution in [0.2, 0.25) is 0 Å². The van der Waals surface area contributed by atoms with Gasteiger partial charge in [-0.15, -0.1) is 11.3 Å². The summed E-state index contributed by atoms with van der Waals surface area (Å²) in [6.07, 6.45) is 2.13. The van der Waals surface area contributed by atoms with Gasteiger partial charge < -0.3 is 26.8 Å². The Balaban J connectivity index is 1.65. The molecule has 3 amide bonds. The number of nitrogens with one attached hydrogen (secondary N) is 2. The highest BCUT2D eigenvalue weighted by molar-refractivity contribution is 7.09. The van der Waals surface area contributed by atoms with Gasteiger partial charge in [0, 0.05) is 11.9 Å². The standard InChI is InChI=1S/C21H29N5O4S/c1-2-16(18(23)27)25-19(28)17-13-31-20(26-17)15(22)10-6-7-11-24-21(29)30-12-14-8-4-3-5-9-14/h3-5,8-9,13,15-16H,2,6-7,10-12,22H2,1H3,(H2,23,27)(H,24,29)(H,25,28). The van der Waals surface area contributed by atoms with Gasteiger partial charge in [-0.3, -0.25) is 9.59 Å². The molecule has 168 valence electrons. The smallest absolute Gasteiger partial charge is 0.407 e. The van der Waals surface area contributed by atoms with E-state index >= 15 is 0 Å². The molecule has 6 N–H and O–H groups in total. The Bertz CT molecular complexity index is 858. The van der Waals surface area contributed by atoms with Crippen LogP contribution < -0.4 is 22.1 Å². The molecule has 2 rings (SSSR count). The number of carbonyl (C=O) groups is 3. The number of nitrogens with two attached hydrogens (primary N) is 2. The van der Waals surface area contributed by atoms with Crippen LogP contribution in [-0.2, 0) is 16.1 Å². The fraction of sp³-hybridized carbons (Fsp3) is 0.429. The summed E-state index contributed by atoms with van der Waals surface area (Å²) in [5, 5.41) is 7.54. The van der Waals surface area contributed by atoms with Crippen molar-refractivity contribution < 1.29 is 19.1 Å². The minimum absolute atomic E-state index is 0.220. The van der Waals surface area contributed by atoms with Crippen molar-refractivity contribution >= 4 is 29.2 Å². The lowest BCUT2D eigenvalue weighted by atomic mass is 10.1. The predicted octanol–water partition coefficient (Wildman–Crippen LogP) is 2.23. The molecule has 0 bridgehead atoms. The molecule has 0 saturated heterocycles. The quantitative estimate of drug-likeness (QED) is 0.367. The lowest BCUT2D eigenvalue weighted by Crippen LogP contribution is -2.44. The van der Waals surface area contributed by atoms with Gasteiger partial charge in [-0.25, -0.2) is 9.78 Å². The molecule has 0 spiro atoms. The molecule has 1 heterocycles. The second-order valence-electron chi connectivity index (χ2n) is 7.00. The number of unbranched alkanes of at least 4 members (excludes halogenated alkanes) is 1. The highest BCUT2D eigenvalue weighted by atomic mass is 32.1. The van der Waals surface area contributed by atoms with Gasteiger partial charge in [-0.2, -0.15) is 0 Å². The fourth-order valence-corrected chi connectivity index (χ4v) is 3.58. The maximum absolute atomic E-state index is 12.2. The largest absolute Gasteiger partial charge is 0.445 e. The molecule has 2 aromatic rings. The third-order valence-corrected chi connectivity index (χ3v) is 5.53. The topological polar surface area (TPSA) is 149 Å². The van der Waals surface area contributed by atoms with E-state index in [-0.39, 0.29) is 18.3 Å². The summed E-state index contributed by atoms with van der Waals surface area (Å²) >= 11 is 1.30. The van der Waals surface area contributed by atoms with Crippen LogP contribution >= 0.6 is 11.3 Å². The summed E-state index contributed by atoms with van der Waals surface area (Å²) in [6.45, 7) is 2.48. The Hall–Kier alpha value is -2.98. The Morgan fingerprint density at radius 1 is 1.19 bits per heavy atom. The minimum atomic E-state index is -0.724. The van der Waals surface area contributed by atoms with Crippen LogP contribution in [-0.4, -0.2) is 35.5 Å². The molecule has 0 aliphatic heterocycles. The van der Waals surface area contributed by atoms with Crippen molar-refractivity contribution in [2.24, 2.45) is 11.5 Å². The Morgan fingerprint density at radius 2 is 1.94 bits per heavy atom. The first-order valence-corrected chi connectivity index (χ1v) is 11.0. The number of rotatable bonds is 12. The number of ether oxygens (including phenoxy) is 1. The number of aromatic nitrogens is 1. The third kappa shape index (κ3) is 8.35. The molecule has 1 aromatic carbocycles. The van der Waals surface area contributed by atoms with E-state index in [9.17, 15) is 14.4 Å². The molecule has 2 unspecified atom stereocenters. The van der Waals surface area contributed by atoms with Crippen molar-refractivity contribution in [2.75, 3.05) is 6.54 Å². The third-order valence-electron chi connectivity index (χ3n) is 4.55. The maximum atomic E-state index is 12.2. The predicted molar refractivity (Wildman–Crippen MR) is 118 cm³/mol. The molecule has 31 heavy (non-hydrogen) atoms. The zero-order chi connectivity index (χ0) is 22.6. The number of primary amides is 1. The molecule has 1 aromatic heterocycles. The van der Waals surface area contributed by atoms with E-state index < -0.39 is 23.9 Å². The van der Waals surface area contributed by atoms with Crippen molar-refractivity contribution in [3.05, 3.63) is 52.0 Å². The number of alkyl carbamates (subject to hydrolysis) is 1. The van der Waals surface area contributed by atoms with Gasteiger partial charge in [0.25, 0.3) is 5.91 Å². The van der Waals surface area contributed by atoms with Crippen LogP contribution in [0.1, 0.15) is 59.7 Å². The van der Waals surface area contributed by atoms with Gasteiger partial charge in [0.15, 0.2) is 0 Å². The Labute approximate surface area is 185 Å². The van der Waals surface area contributed by atoms with E-state index in [1.807, 2.05) is 30.3 Å². The Morgan fingerprint density at radius 3 is 2.61 bits per heavy atom. The number of thiazole rings is 1. The van der Waals surface area contributed by atoms with Gasteiger partial charge in [0.2, 0.25) is 5.91 Å².